The summed E-state index contributed by atoms with van der Waals surface area (Å²) in [7, 11) is -0.631. The largest absolute Gasteiger partial charge is 0.313 e. The zero-order valence-electron chi connectivity index (χ0n) is 11.3. The molecule has 3 heteroatoms. The number of rotatable bonds is 6. The van der Waals surface area contributed by atoms with Gasteiger partial charge in [-0.2, -0.15) is 0 Å². The molecule has 0 radical (unpaired) electrons. The molecule has 0 saturated heterocycles. The molecule has 100 valence electrons. The smallest absolute Gasteiger partial charge is 0.0360 e. The minimum atomic E-state index is -0.631. The average molecular weight is 265 g/mol. The van der Waals surface area contributed by atoms with E-state index in [0.29, 0.717) is 6.04 Å². The second-order valence-corrected chi connectivity index (χ2v) is 7.03. The fourth-order valence-corrected chi connectivity index (χ4v) is 3.05. The molecule has 0 aromatic heterocycles. The highest BCUT2D eigenvalue weighted by Crippen LogP contribution is 2.36. The lowest BCUT2D eigenvalue weighted by Crippen LogP contribution is -2.41. The van der Waals surface area contributed by atoms with Gasteiger partial charge < -0.3 is 5.32 Å². The molecule has 0 heterocycles. The Hall–Kier alpha value is -0.670. The fourth-order valence-electron chi connectivity index (χ4n) is 2.42. The van der Waals surface area contributed by atoms with Crippen LogP contribution >= 0.6 is 0 Å². The second kappa shape index (κ2) is 6.48. The van der Waals surface area contributed by atoms with Crippen molar-refractivity contribution in [3.05, 3.63) is 35.4 Å². The molecule has 1 aliphatic rings. The van der Waals surface area contributed by atoms with E-state index in [1.54, 1.807) is 0 Å². The van der Waals surface area contributed by atoms with E-state index in [4.69, 9.17) is 0 Å². The van der Waals surface area contributed by atoms with Crippen molar-refractivity contribution in [2.24, 2.45) is 0 Å². The van der Waals surface area contributed by atoms with Gasteiger partial charge in [-0.1, -0.05) is 36.8 Å². The summed E-state index contributed by atoms with van der Waals surface area (Å²) in [6, 6.07) is 9.52. The molecule has 1 N–H and O–H groups in total. The summed E-state index contributed by atoms with van der Waals surface area (Å²) in [5.41, 5.74) is 2.80. The van der Waals surface area contributed by atoms with Gasteiger partial charge in [-0.3, -0.25) is 4.21 Å². The van der Waals surface area contributed by atoms with Gasteiger partial charge in [-0.05, 0) is 31.2 Å². The van der Waals surface area contributed by atoms with Gasteiger partial charge in [0.2, 0.25) is 0 Å². The summed E-state index contributed by atoms with van der Waals surface area (Å²) in [4.78, 5) is 0. The Morgan fingerprint density at radius 2 is 1.94 bits per heavy atom. The quantitative estimate of drug-likeness (QED) is 0.856. The first-order chi connectivity index (χ1) is 8.69. The third-order valence-electron chi connectivity index (χ3n) is 3.77. The zero-order valence-corrected chi connectivity index (χ0v) is 12.1. The summed E-state index contributed by atoms with van der Waals surface area (Å²) < 4.78 is 11.3. The van der Waals surface area contributed by atoms with Gasteiger partial charge in [0.25, 0.3) is 0 Å². The Bertz CT molecular complexity index is 395. The van der Waals surface area contributed by atoms with Gasteiger partial charge >= 0.3 is 0 Å². The number of benzene rings is 1. The maximum absolute atomic E-state index is 11.3. The highest BCUT2D eigenvalue weighted by molar-refractivity contribution is 7.84. The summed E-state index contributed by atoms with van der Waals surface area (Å²) in [5.74, 6) is 2.29. The van der Waals surface area contributed by atoms with Crippen molar-refractivity contribution < 1.29 is 4.21 Å². The van der Waals surface area contributed by atoms with E-state index in [2.05, 4.69) is 36.5 Å². The van der Waals surface area contributed by atoms with Gasteiger partial charge in [0, 0.05) is 34.9 Å². The van der Waals surface area contributed by atoms with Crippen molar-refractivity contribution in [1.29, 1.82) is 0 Å². The lowest BCUT2D eigenvalue weighted by molar-refractivity contribution is 0.296. The molecule has 18 heavy (non-hydrogen) atoms. The molecule has 0 bridgehead atoms. The van der Waals surface area contributed by atoms with Crippen LogP contribution < -0.4 is 5.32 Å². The van der Waals surface area contributed by atoms with E-state index in [9.17, 15) is 4.21 Å². The van der Waals surface area contributed by atoms with Crippen LogP contribution in [-0.2, 0) is 10.8 Å². The van der Waals surface area contributed by atoms with Crippen LogP contribution in [-0.4, -0.2) is 28.3 Å². The highest BCUT2D eigenvalue weighted by atomic mass is 32.2. The van der Waals surface area contributed by atoms with Gasteiger partial charge in [0.15, 0.2) is 0 Å². The summed E-state index contributed by atoms with van der Waals surface area (Å²) in [6.45, 7) is 5.00. The first-order valence-corrected chi connectivity index (χ1v) is 8.32. The molecule has 1 aliphatic carbocycles. The molecular formula is C15H23NOS. The van der Waals surface area contributed by atoms with Crippen LogP contribution in [0.5, 0.6) is 0 Å². The van der Waals surface area contributed by atoms with Crippen LogP contribution in [0.25, 0.3) is 0 Å². The number of hydrogen-bond acceptors (Lipinski definition) is 2. The summed E-state index contributed by atoms with van der Waals surface area (Å²) >= 11 is 0. The number of hydrogen-bond donors (Lipinski definition) is 1. The average Bonchev–Trinajstić information content (AvgIpc) is 2.33. The van der Waals surface area contributed by atoms with E-state index in [-0.39, 0.29) is 0 Å². The SMILES string of the molecule is CCS(=O)CCNC1CC(c2ccc(C)cc2)C1. The normalized spacial score (nSPS) is 24.6. The fraction of sp³-hybridized carbons (Fsp3) is 0.600. The Balaban J connectivity index is 1.67. The topological polar surface area (TPSA) is 29.1 Å². The third kappa shape index (κ3) is 3.66. The monoisotopic (exact) mass is 265 g/mol. The Labute approximate surface area is 113 Å². The Kier molecular flexibility index (Phi) is 4.95. The molecule has 1 aromatic carbocycles. The minimum absolute atomic E-state index is 0.630. The number of nitrogens with one attached hydrogen (secondary N) is 1. The van der Waals surface area contributed by atoms with Gasteiger partial charge in [0.05, 0.1) is 0 Å². The van der Waals surface area contributed by atoms with Crippen molar-refractivity contribution in [3.63, 3.8) is 0 Å². The molecule has 1 unspecified atom stereocenters. The molecule has 2 nitrogen and oxygen atoms in total. The molecule has 1 atom stereocenters. The van der Waals surface area contributed by atoms with Crippen LogP contribution in [0.2, 0.25) is 0 Å². The standard InChI is InChI=1S/C15H23NOS/c1-3-18(17)9-8-16-15-10-14(11-15)13-6-4-12(2)5-7-13/h4-7,14-16H,3,8-11H2,1-2H3. The van der Waals surface area contributed by atoms with Crippen molar-refractivity contribution in [2.45, 2.75) is 38.6 Å². The van der Waals surface area contributed by atoms with Crippen molar-refractivity contribution in [2.75, 3.05) is 18.1 Å². The maximum atomic E-state index is 11.3. The van der Waals surface area contributed by atoms with E-state index in [1.807, 2.05) is 6.92 Å². The maximum Gasteiger partial charge on any atom is 0.0360 e. The summed E-state index contributed by atoms with van der Waals surface area (Å²) in [6.07, 6.45) is 2.45. The summed E-state index contributed by atoms with van der Waals surface area (Å²) in [5, 5.41) is 3.50. The van der Waals surface area contributed by atoms with Gasteiger partial charge in [-0.25, -0.2) is 0 Å². The van der Waals surface area contributed by atoms with Crippen LogP contribution in [0.4, 0.5) is 0 Å². The molecule has 0 aliphatic heterocycles. The first-order valence-electron chi connectivity index (χ1n) is 6.84. The van der Waals surface area contributed by atoms with E-state index < -0.39 is 10.8 Å². The lowest BCUT2D eigenvalue weighted by atomic mass is 9.76. The third-order valence-corrected chi connectivity index (χ3v) is 5.07. The van der Waals surface area contributed by atoms with Crippen LogP contribution in [0.3, 0.4) is 0 Å². The van der Waals surface area contributed by atoms with Crippen LogP contribution in [0.15, 0.2) is 24.3 Å². The molecule has 0 amide bonds. The van der Waals surface area contributed by atoms with Crippen molar-refractivity contribution >= 4 is 10.8 Å². The lowest BCUT2D eigenvalue weighted by Gasteiger charge is -2.36. The number of aryl methyl sites for hydroxylation is 1. The van der Waals surface area contributed by atoms with E-state index in [0.717, 1.165) is 24.0 Å². The van der Waals surface area contributed by atoms with E-state index in [1.165, 1.54) is 24.0 Å². The molecule has 1 saturated carbocycles. The van der Waals surface area contributed by atoms with Gasteiger partial charge in [-0.15, -0.1) is 0 Å². The van der Waals surface area contributed by atoms with Crippen LogP contribution in [0, 0.1) is 6.92 Å². The molecule has 1 fully saturated rings. The van der Waals surface area contributed by atoms with Crippen molar-refractivity contribution in [1.82, 2.24) is 5.32 Å². The molecule has 1 aromatic rings. The van der Waals surface area contributed by atoms with Crippen LogP contribution in [0.1, 0.15) is 36.8 Å². The zero-order chi connectivity index (χ0) is 13.0. The van der Waals surface area contributed by atoms with Gasteiger partial charge in [0.1, 0.15) is 0 Å². The minimum Gasteiger partial charge on any atom is -0.313 e. The second-order valence-electron chi connectivity index (χ2n) is 5.16. The Morgan fingerprint density at radius 3 is 2.56 bits per heavy atom. The Morgan fingerprint density at radius 1 is 1.28 bits per heavy atom. The molecular weight excluding hydrogens is 242 g/mol. The first kappa shape index (κ1) is 13.8. The molecule has 0 spiro atoms. The highest BCUT2D eigenvalue weighted by Gasteiger charge is 2.29. The van der Waals surface area contributed by atoms with E-state index >= 15 is 0 Å². The predicted molar refractivity (Wildman–Crippen MR) is 78.5 cm³/mol. The predicted octanol–water partition coefficient (Wildman–Crippen LogP) is 2.60. The van der Waals surface area contributed by atoms with Crippen molar-refractivity contribution in [3.8, 4) is 0 Å². The molecule has 2 rings (SSSR count).